The molecule has 14 heavy (non-hydrogen) atoms. The van der Waals surface area contributed by atoms with Crippen molar-refractivity contribution >= 4 is 11.9 Å². The molecule has 0 heterocycles. The smallest absolute Gasteiger partial charge is 0.550 e. The summed E-state index contributed by atoms with van der Waals surface area (Å²) in [5, 5.41) is 18.3. The van der Waals surface area contributed by atoms with Gasteiger partial charge in [-0.15, -0.1) is 0 Å². The van der Waals surface area contributed by atoms with Gasteiger partial charge < -0.3 is 15.0 Å². The Morgan fingerprint density at radius 3 is 1.79 bits per heavy atom. The first-order valence-corrected chi connectivity index (χ1v) is 4.54. The molecule has 0 aromatic heterocycles. The van der Waals surface area contributed by atoms with Gasteiger partial charge >= 0.3 is 28.3 Å². The van der Waals surface area contributed by atoms with Gasteiger partial charge in [0.15, 0.2) is 0 Å². The predicted molar refractivity (Wildman–Crippen MR) is 45.0 cm³/mol. The standard InChI is InChI=1S/C9H16O4.Ag/c10-8(11)6-4-2-1-3-5-7-9(12)13;/h1-7H2,(H,10,11)(H,12,13);/q;+1/p-1. The monoisotopic (exact) mass is 294 g/mol. The summed E-state index contributed by atoms with van der Waals surface area (Å²) in [7, 11) is 0. The van der Waals surface area contributed by atoms with Crippen LogP contribution in [0.3, 0.4) is 0 Å². The van der Waals surface area contributed by atoms with Gasteiger partial charge in [0.2, 0.25) is 0 Å². The molecule has 0 fully saturated rings. The Hall–Kier alpha value is -0.320. The third-order valence-corrected chi connectivity index (χ3v) is 1.77. The van der Waals surface area contributed by atoms with Crippen molar-refractivity contribution in [3.05, 3.63) is 0 Å². The predicted octanol–water partition coefficient (Wildman–Crippen LogP) is 0.549. The molecule has 0 unspecified atom stereocenters. The van der Waals surface area contributed by atoms with E-state index in [-0.39, 0.29) is 35.2 Å². The van der Waals surface area contributed by atoms with Crippen LogP contribution >= 0.6 is 0 Å². The van der Waals surface area contributed by atoms with Crippen LogP contribution in [0.4, 0.5) is 0 Å². The van der Waals surface area contributed by atoms with Crippen LogP contribution in [0.15, 0.2) is 0 Å². The average Bonchev–Trinajstić information content (AvgIpc) is 2.01. The molecule has 0 aliphatic heterocycles. The molecule has 0 aromatic rings. The molecule has 86 valence electrons. The van der Waals surface area contributed by atoms with E-state index in [9.17, 15) is 14.7 Å². The maximum atomic E-state index is 10.1. The van der Waals surface area contributed by atoms with Crippen LogP contribution in [0.1, 0.15) is 44.9 Å². The quantitative estimate of drug-likeness (QED) is 0.524. The third kappa shape index (κ3) is 14.2. The Bertz CT molecular complexity index is 152. The molecule has 0 rings (SSSR count). The van der Waals surface area contributed by atoms with Crippen molar-refractivity contribution in [1.82, 2.24) is 0 Å². The minimum Gasteiger partial charge on any atom is -0.550 e. The molecule has 0 amide bonds. The molecule has 0 saturated carbocycles. The van der Waals surface area contributed by atoms with E-state index >= 15 is 0 Å². The summed E-state index contributed by atoms with van der Waals surface area (Å²) in [5.74, 6) is -1.78. The topological polar surface area (TPSA) is 77.4 Å². The minimum absolute atomic E-state index is 0. The van der Waals surface area contributed by atoms with E-state index in [2.05, 4.69) is 0 Å². The number of hydrogen-bond donors (Lipinski definition) is 1. The molecule has 0 spiro atoms. The zero-order valence-corrected chi connectivity index (χ0v) is 9.41. The Labute approximate surface area is 99.2 Å². The van der Waals surface area contributed by atoms with Gasteiger partial charge in [-0.1, -0.05) is 19.3 Å². The molecule has 1 N–H and O–H groups in total. The number of carboxylic acids is 2. The van der Waals surface area contributed by atoms with Gasteiger partial charge in [0, 0.05) is 12.4 Å². The second-order valence-electron chi connectivity index (χ2n) is 3.03. The Kier molecular flexibility index (Phi) is 12.4. The Morgan fingerprint density at radius 1 is 0.929 bits per heavy atom. The zero-order valence-electron chi connectivity index (χ0n) is 7.92. The van der Waals surface area contributed by atoms with E-state index in [0.717, 1.165) is 19.3 Å². The zero-order chi connectivity index (χ0) is 10.1. The van der Waals surface area contributed by atoms with E-state index in [1.807, 2.05) is 0 Å². The van der Waals surface area contributed by atoms with Gasteiger partial charge in [0.05, 0.1) is 0 Å². The van der Waals surface area contributed by atoms with E-state index in [1.165, 1.54) is 0 Å². The van der Waals surface area contributed by atoms with Crippen molar-refractivity contribution in [3.63, 3.8) is 0 Å². The second kappa shape index (κ2) is 10.8. The fraction of sp³-hybridized carbons (Fsp3) is 0.778. The van der Waals surface area contributed by atoms with Crippen LogP contribution < -0.4 is 5.11 Å². The first kappa shape index (κ1) is 16.1. The molecule has 0 aromatic carbocycles. The van der Waals surface area contributed by atoms with Gasteiger partial charge in [-0.2, -0.15) is 0 Å². The summed E-state index contributed by atoms with van der Waals surface area (Å²) in [6.07, 6.45) is 4.24. The molecule has 0 atom stereocenters. The molecular formula is C9H15AgO4. The first-order valence-electron chi connectivity index (χ1n) is 4.54. The summed E-state index contributed by atoms with van der Waals surface area (Å²) in [4.78, 5) is 20.1. The number of unbranched alkanes of at least 4 members (excludes halogenated alkanes) is 4. The fourth-order valence-corrected chi connectivity index (χ4v) is 1.08. The maximum Gasteiger partial charge on any atom is 1.00 e. The van der Waals surface area contributed by atoms with E-state index < -0.39 is 11.9 Å². The number of rotatable bonds is 8. The van der Waals surface area contributed by atoms with Gasteiger partial charge in [-0.3, -0.25) is 4.79 Å². The van der Waals surface area contributed by atoms with Crippen LogP contribution in [-0.4, -0.2) is 17.0 Å². The third-order valence-electron chi connectivity index (χ3n) is 1.77. The number of carbonyl (C=O) groups is 2. The normalized spacial score (nSPS) is 9.14. The average molecular weight is 295 g/mol. The molecule has 5 heteroatoms. The van der Waals surface area contributed by atoms with E-state index in [1.54, 1.807) is 0 Å². The number of aliphatic carboxylic acids is 2. The maximum absolute atomic E-state index is 10.1. The summed E-state index contributed by atoms with van der Waals surface area (Å²) in [5.41, 5.74) is 0. The molecule has 4 nitrogen and oxygen atoms in total. The number of hydrogen-bond acceptors (Lipinski definition) is 3. The van der Waals surface area contributed by atoms with Crippen LogP contribution in [0.2, 0.25) is 0 Å². The van der Waals surface area contributed by atoms with E-state index in [4.69, 9.17) is 5.11 Å². The van der Waals surface area contributed by atoms with Crippen LogP contribution in [-0.2, 0) is 32.0 Å². The molecule has 0 radical (unpaired) electrons. The minimum atomic E-state index is -1.01. The summed E-state index contributed by atoms with van der Waals surface area (Å²) >= 11 is 0. The van der Waals surface area contributed by atoms with Crippen LogP contribution in [0.5, 0.6) is 0 Å². The fourth-order valence-electron chi connectivity index (χ4n) is 1.08. The SMILES string of the molecule is O=C([O-])CCCCCCCC(=O)O.[Ag+]. The molecule has 0 bridgehead atoms. The van der Waals surface area contributed by atoms with Gasteiger partial charge in [0.1, 0.15) is 0 Å². The number of carbonyl (C=O) groups excluding carboxylic acids is 1. The molecule has 0 saturated heterocycles. The number of carboxylic acid groups (broad SMARTS) is 2. The van der Waals surface area contributed by atoms with Gasteiger partial charge in [-0.05, 0) is 19.3 Å². The van der Waals surface area contributed by atoms with Crippen molar-refractivity contribution in [2.75, 3.05) is 0 Å². The molecule has 0 aliphatic rings. The van der Waals surface area contributed by atoms with Crippen LogP contribution in [0.25, 0.3) is 0 Å². The van der Waals surface area contributed by atoms with Crippen LogP contribution in [0, 0.1) is 0 Å². The first-order chi connectivity index (χ1) is 6.13. The molecular weight excluding hydrogens is 280 g/mol. The Morgan fingerprint density at radius 2 is 1.36 bits per heavy atom. The van der Waals surface area contributed by atoms with Gasteiger partial charge in [0.25, 0.3) is 0 Å². The van der Waals surface area contributed by atoms with E-state index in [0.29, 0.717) is 12.8 Å². The Balaban J connectivity index is 0. The van der Waals surface area contributed by atoms with Crippen molar-refractivity contribution in [2.45, 2.75) is 44.9 Å². The van der Waals surface area contributed by atoms with Gasteiger partial charge in [-0.25, -0.2) is 0 Å². The second-order valence-corrected chi connectivity index (χ2v) is 3.03. The largest absolute Gasteiger partial charge is 1.00 e. The summed E-state index contributed by atoms with van der Waals surface area (Å²) in [6.45, 7) is 0. The van der Waals surface area contributed by atoms with Crippen molar-refractivity contribution < 1.29 is 42.2 Å². The van der Waals surface area contributed by atoms with Crippen molar-refractivity contribution in [3.8, 4) is 0 Å². The summed E-state index contributed by atoms with van der Waals surface area (Å²) < 4.78 is 0. The van der Waals surface area contributed by atoms with Crippen molar-refractivity contribution in [1.29, 1.82) is 0 Å². The summed E-state index contributed by atoms with van der Waals surface area (Å²) in [6, 6.07) is 0. The van der Waals surface area contributed by atoms with Crippen molar-refractivity contribution in [2.24, 2.45) is 0 Å². The molecule has 0 aliphatic carbocycles.